The quantitative estimate of drug-likeness (QED) is 0.223. The fourth-order valence-corrected chi connectivity index (χ4v) is 6.60. The molecule has 32 heavy (non-hydrogen) atoms. The van der Waals surface area contributed by atoms with Gasteiger partial charge >= 0.3 is 0 Å². The molecule has 1 aliphatic carbocycles. The monoisotopic (exact) mass is 466 g/mol. The van der Waals surface area contributed by atoms with Crippen LogP contribution in [0, 0.1) is 0 Å². The summed E-state index contributed by atoms with van der Waals surface area (Å²) in [6, 6.07) is 7.34. The van der Waals surface area contributed by atoms with Crippen molar-refractivity contribution in [2.45, 2.75) is 69.3 Å². The highest BCUT2D eigenvalue weighted by atomic mass is 32.2. The summed E-state index contributed by atoms with van der Waals surface area (Å²) < 4.78 is 1.85. The van der Waals surface area contributed by atoms with Gasteiger partial charge in [0.25, 0.3) is 11.1 Å². The van der Waals surface area contributed by atoms with E-state index in [1.807, 2.05) is 22.8 Å². The molecule has 0 fully saturated rings. The highest BCUT2D eigenvalue weighted by Gasteiger charge is 2.23. The SMILES string of the molecule is CCCCCCn1c(SCc2nc3ccccc3c(=O)[nH]2)nc2sc3c(c2c1=O)CCC3. The number of aromatic amines is 1. The van der Waals surface area contributed by atoms with Gasteiger partial charge in [0.1, 0.15) is 10.7 Å². The Kier molecular flexibility index (Phi) is 6.15. The molecular formula is C24H26N4O2S2. The summed E-state index contributed by atoms with van der Waals surface area (Å²) >= 11 is 3.15. The minimum Gasteiger partial charge on any atom is -0.309 e. The minimum absolute atomic E-state index is 0.0911. The molecule has 8 heteroatoms. The molecule has 1 N–H and O–H groups in total. The fraction of sp³-hybridized carbons (Fsp3) is 0.417. The van der Waals surface area contributed by atoms with Crippen molar-refractivity contribution in [2.24, 2.45) is 0 Å². The number of thioether (sulfide) groups is 1. The maximum Gasteiger partial charge on any atom is 0.263 e. The Morgan fingerprint density at radius 2 is 2.00 bits per heavy atom. The lowest BCUT2D eigenvalue weighted by Crippen LogP contribution is -2.23. The Balaban J connectivity index is 1.49. The molecule has 0 radical (unpaired) electrons. The van der Waals surface area contributed by atoms with Crippen LogP contribution in [0.5, 0.6) is 0 Å². The topological polar surface area (TPSA) is 80.6 Å². The zero-order valence-electron chi connectivity index (χ0n) is 18.1. The predicted octanol–water partition coefficient (Wildman–Crippen LogP) is 5.06. The van der Waals surface area contributed by atoms with Gasteiger partial charge in [0.2, 0.25) is 0 Å². The smallest absolute Gasteiger partial charge is 0.263 e. The molecule has 166 valence electrons. The Hall–Kier alpha value is -2.45. The third kappa shape index (κ3) is 4.01. The van der Waals surface area contributed by atoms with Gasteiger partial charge in [-0.15, -0.1) is 11.3 Å². The van der Waals surface area contributed by atoms with Gasteiger partial charge in [0.15, 0.2) is 5.16 Å². The molecule has 1 aromatic carbocycles. The molecular weight excluding hydrogens is 440 g/mol. The highest BCUT2D eigenvalue weighted by Crippen LogP contribution is 2.36. The van der Waals surface area contributed by atoms with Gasteiger partial charge < -0.3 is 4.98 Å². The summed E-state index contributed by atoms with van der Waals surface area (Å²) in [6.07, 6.45) is 7.56. The first kappa shape index (κ1) is 21.4. The van der Waals surface area contributed by atoms with E-state index in [0.29, 0.717) is 29.0 Å². The van der Waals surface area contributed by atoms with Crippen LogP contribution in [0.3, 0.4) is 0 Å². The minimum atomic E-state index is -0.138. The van der Waals surface area contributed by atoms with E-state index in [9.17, 15) is 9.59 Å². The number of benzene rings is 1. The second kappa shape index (κ2) is 9.19. The van der Waals surface area contributed by atoms with E-state index >= 15 is 0 Å². The first-order valence-electron chi connectivity index (χ1n) is 11.3. The van der Waals surface area contributed by atoms with Crippen LogP contribution in [0.15, 0.2) is 39.0 Å². The first-order chi connectivity index (χ1) is 15.7. The van der Waals surface area contributed by atoms with Crippen molar-refractivity contribution in [3.8, 4) is 0 Å². The van der Waals surface area contributed by atoms with E-state index in [0.717, 1.165) is 53.9 Å². The first-order valence-corrected chi connectivity index (χ1v) is 13.1. The van der Waals surface area contributed by atoms with Gasteiger partial charge in [-0.25, -0.2) is 9.97 Å². The molecule has 0 saturated heterocycles. The molecule has 4 aromatic rings. The number of hydrogen-bond acceptors (Lipinski definition) is 6. The van der Waals surface area contributed by atoms with Gasteiger partial charge in [-0.2, -0.15) is 0 Å². The Labute approximate surface area is 194 Å². The number of nitrogens with one attached hydrogen (secondary N) is 1. The van der Waals surface area contributed by atoms with E-state index in [4.69, 9.17) is 4.98 Å². The molecule has 3 aromatic heterocycles. The summed E-state index contributed by atoms with van der Waals surface area (Å²) in [5.41, 5.74) is 1.86. The average molecular weight is 467 g/mol. The molecule has 0 atom stereocenters. The average Bonchev–Trinajstić information content (AvgIpc) is 3.37. The molecule has 3 heterocycles. The molecule has 0 spiro atoms. The number of aromatic nitrogens is 4. The molecule has 1 aliphatic rings. The summed E-state index contributed by atoms with van der Waals surface area (Å²) in [6.45, 7) is 2.86. The van der Waals surface area contributed by atoms with Crippen LogP contribution in [0.4, 0.5) is 0 Å². The maximum atomic E-state index is 13.5. The van der Waals surface area contributed by atoms with E-state index in [1.165, 1.54) is 28.6 Å². The van der Waals surface area contributed by atoms with Gasteiger partial charge in [-0.3, -0.25) is 14.2 Å². The van der Waals surface area contributed by atoms with E-state index < -0.39 is 0 Å². The largest absolute Gasteiger partial charge is 0.309 e. The number of aryl methyl sites for hydroxylation is 2. The molecule has 0 saturated carbocycles. The van der Waals surface area contributed by atoms with Gasteiger partial charge in [-0.05, 0) is 43.4 Å². The van der Waals surface area contributed by atoms with Crippen molar-refractivity contribution in [3.05, 3.63) is 61.2 Å². The van der Waals surface area contributed by atoms with E-state index in [1.54, 1.807) is 17.4 Å². The van der Waals surface area contributed by atoms with E-state index in [2.05, 4.69) is 16.9 Å². The zero-order valence-corrected chi connectivity index (χ0v) is 19.8. The molecule has 0 unspecified atom stereocenters. The summed E-state index contributed by atoms with van der Waals surface area (Å²) in [5.74, 6) is 1.05. The molecule has 6 nitrogen and oxygen atoms in total. The van der Waals surface area contributed by atoms with Crippen molar-refractivity contribution in [3.63, 3.8) is 0 Å². The van der Waals surface area contributed by atoms with Crippen LogP contribution < -0.4 is 11.1 Å². The lowest BCUT2D eigenvalue weighted by atomic mass is 10.2. The van der Waals surface area contributed by atoms with Crippen molar-refractivity contribution in [1.29, 1.82) is 0 Å². The normalized spacial score (nSPS) is 13.3. The van der Waals surface area contributed by atoms with Crippen molar-refractivity contribution in [1.82, 2.24) is 19.5 Å². The Bertz CT molecular complexity index is 1400. The number of unbranched alkanes of at least 4 members (excludes halogenated alkanes) is 3. The predicted molar refractivity (Wildman–Crippen MR) is 132 cm³/mol. The third-order valence-corrected chi connectivity index (χ3v) is 8.20. The van der Waals surface area contributed by atoms with Gasteiger partial charge in [0, 0.05) is 11.4 Å². The standard InChI is InChI=1S/C24H26N4O2S2/c1-2-3-4-7-13-28-23(30)20-16-10-8-12-18(16)32-22(20)27-24(28)31-14-19-25-17-11-6-5-9-15(17)21(29)26-19/h5-6,9,11H,2-4,7-8,10,12-14H2,1H3,(H,25,26,29). The fourth-order valence-electron chi connectivity index (χ4n) is 4.40. The number of para-hydroxylation sites is 1. The number of fused-ring (bicyclic) bond motifs is 4. The molecule has 0 bridgehead atoms. The number of thiophene rings is 1. The van der Waals surface area contributed by atoms with Crippen molar-refractivity contribution >= 4 is 44.2 Å². The van der Waals surface area contributed by atoms with Crippen molar-refractivity contribution in [2.75, 3.05) is 0 Å². The van der Waals surface area contributed by atoms with Crippen molar-refractivity contribution < 1.29 is 0 Å². The molecule has 0 amide bonds. The zero-order chi connectivity index (χ0) is 22.1. The lowest BCUT2D eigenvalue weighted by molar-refractivity contribution is 0.531. The summed E-state index contributed by atoms with van der Waals surface area (Å²) in [7, 11) is 0. The second-order valence-electron chi connectivity index (χ2n) is 8.27. The Morgan fingerprint density at radius 3 is 2.88 bits per heavy atom. The van der Waals surface area contributed by atoms with Crippen LogP contribution in [0.2, 0.25) is 0 Å². The van der Waals surface area contributed by atoms with Gasteiger partial charge in [0.05, 0.1) is 22.0 Å². The number of H-pyrrole nitrogens is 1. The molecule has 0 aliphatic heterocycles. The third-order valence-electron chi connectivity index (χ3n) is 6.02. The lowest BCUT2D eigenvalue weighted by Gasteiger charge is -2.12. The Morgan fingerprint density at radius 1 is 1.12 bits per heavy atom. The number of nitrogens with zero attached hydrogens (tertiary/aromatic N) is 3. The highest BCUT2D eigenvalue weighted by molar-refractivity contribution is 7.98. The van der Waals surface area contributed by atoms with Crippen LogP contribution in [-0.4, -0.2) is 19.5 Å². The summed E-state index contributed by atoms with van der Waals surface area (Å²) in [4.78, 5) is 40.5. The van der Waals surface area contributed by atoms with Crippen LogP contribution >= 0.6 is 23.1 Å². The van der Waals surface area contributed by atoms with Crippen LogP contribution in [0.25, 0.3) is 21.1 Å². The van der Waals surface area contributed by atoms with E-state index in [-0.39, 0.29) is 11.1 Å². The number of rotatable bonds is 8. The number of hydrogen-bond donors (Lipinski definition) is 1. The molecule has 5 rings (SSSR count). The van der Waals surface area contributed by atoms with Crippen LogP contribution in [-0.2, 0) is 25.1 Å². The summed E-state index contributed by atoms with van der Waals surface area (Å²) in [5, 5.41) is 2.14. The second-order valence-corrected chi connectivity index (χ2v) is 10.3. The van der Waals surface area contributed by atoms with Gasteiger partial charge in [-0.1, -0.05) is 50.1 Å². The maximum absolute atomic E-state index is 13.5. The van der Waals surface area contributed by atoms with Crippen LogP contribution in [0.1, 0.15) is 55.3 Å².